The molecule has 3 rings (SSSR count). The number of carboxylic acids is 1. The number of carbonyl (C=O) groups is 2. The van der Waals surface area contributed by atoms with E-state index in [0.29, 0.717) is 29.8 Å². The highest BCUT2D eigenvalue weighted by Gasteiger charge is 2.53. The summed E-state index contributed by atoms with van der Waals surface area (Å²) in [6.07, 6.45) is -3.35. The van der Waals surface area contributed by atoms with Crippen LogP contribution in [0.5, 0.6) is 0 Å². The van der Waals surface area contributed by atoms with E-state index in [1.54, 1.807) is 24.3 Å². The summed E-state index contributed by atoms with van der Waals surface area (Å²) in [5, 5.41) is 28.8. The van der Waals surface area contributed by atoms with Crippen molar-refractivity contribution < 1.29 is 29.6 Å². The molecule has 1 aromatic carbocycles. The van der Waals surface area contributed by atoms with Crippen LogP contribution in [0, 0.1) is 0 Å². The number of aliphatic carboxylic acids is 1. The van der Waals surface area contributed by atoms with Gasteiger partial charge in [0.2, 0.25) is 11.7 Å². The van der Waals surface area contributed by atoms with Crippen molar-refractivity contribution in [1.82, 2.24) is 0 Å². The topological polar surface area (TPSA) is 116 Å². The van der Waals surface area contributed by atoms with E-state index >= 15 is 0 Å². The first-order valence-corrected chi connectivity index (χ1v) is 7.89. The number of aliphatic imine (C=N–C) groups is 1. The molecule has 128 valence electrons. The number of aliphatic hydroxyl groups excluding tert-OH is 2. The summed E-state index contributed by atoms with van der Waals surface area (Å²) in [5.74, 6) is -2.24. The van der Waals surface area contributed by atoms with Gasteiger partial charge in [0.15, 0.2) is 23.9 Å². The standard InChI is InChI=1S/C16H16ClNO6/c17-9-5-2-1-4-8(9)16-7-3-6-10(13(16)21)24-14(18-16)11(19)12(20)15(22)23/h1-2,4-5,10-12,19-20H,3,6-7H2,(H,22,23)/t10-,11?,12?,16-/m1/s1. The molecule has 24 heavy (non-hydrogen) atoms. The second-order valence-electron chi connectivity index (χ2n) is 5.88. The summed E-state index contributed by atoms with van der Waals surface area (Å²) in [6, 6.07) is 6.76. The molecule has 7 nitrogen and oxygen atoms in total. The molecule has 2 unspecified atom stereocenters. The van der Waals surface area contributed by atoms with Gasteiger partial charge >= 0.3 is 5.97 Å². The van der Waals surface area contributed by atoms with Crippen molar-refractivity contribution in [3.05, 3.63) is 34.9 Å². The second kappa shape index (κ2) is 6.16. The number of benzene rings is 1. The Kier molecular flexibility index (Phi) is 4.33. The van der Waals surface area contributed by atoms with Crippen LogP contribution in [-0.2, 0) is 19.9 Å². The molecule has 2 bridgehead atoms. The van der Waals surface area contributed by atoms with Gasteiger partial charge in [-0.25, -0.2) is 9.79 Å². The zero-order chi connectivity index (χ0) is 17.5. The maximum Gasteiger partial charge on any atom is 0.335 e. The number of ketones is 1. The molecule has 1 fully saturated rings. The molecule has 0 radical (unpaired) electrons. The lowest BCUT2D eigenvalue weighted by atomic mass is 9.73. The molecular formula is C16H16ClNO6. The molecule has 4 atom stereocenters. The van der Waals surface area contributed by atoms with Crippen LogP contribution in [0.25, 0.3) is 0 Å². The van der Waals surface area contributed by atoms with Crippen LogP contribution in [0.4, 0.5) is 0 Å². The smallest absolute Gasteiger partial charge is 0.335 e. The van der Waals surface area contributed by atoms with Crippen molar-refractivity contribution in [2.24, 2.45) is 4.99 Å². The Bertz CT molecular complexity index is 720. The van der Waals surface area contributed by atoms with Gasteiger partial charge in [-0.05, 0) is 25.3 Å². The predicted molar refractivity (Wildman–Crippen MR) is 83.9 cm³/mol. The third kappa shape index (κ3) is 2.58. The van der Waals surface area contributed by atoms with Crippen LogP contribution in [-0.4, -0.2) is 51.3 Å². The van der Waals surface area contributed by atoms with Gasteiger partial charge in [-0.1, -0.05) is 29.8 Å². The van der Waals surface area contributed by atoms with Crippen molar-refractivity contribution in [1.29, 1.82) is 0 Å². The first-order valence-electron chi connectivity index (χ1n) is 7.51. The van der Waals surface area contributed by atoms with Gasteiger partial charge in [-0.3, -0.25) is 4.79 Å². The van der Waals surface area contributed by atoms with E-state index in [2.05, 4.69) is 4.99 Å². The van der Waals surface area contributed by atoms with Gasteiger partial charge in [0.05, 0.1) is 0 Å². The third-order valence-electron chi connectivity index (χ3n) is 4.39. The minimum Gasteiger partial charge on any atom is -0.479 e. The molecule has 0 aromatic heterocycles. The van der Waals surface area contributed by atoms with Gasteiger partial charge < -0.3 is 20.1 Å². The SMILES string of the molecule is O=C(O)C(O)C(O)C1=N[C@@]2(c3ccccc3Cl)CCC[C@@H](O1)C2=O. The Balaban J connectivity index is 2.11. The summed E-state index contributed by atoms with van der Waals surface area (Å²) in [7, 11) is 0. The van der Waals surface area contributed by atoms with Crippen molar-refractivity contribution in [3.63, 3.8) is 0 Å². The molecule has 1 aliphatic carbocycles. The number of ether oxygens (including phenoxy) is 1. The van der Waals surface area contributed by atoms with E-state index in [4.69, 9.17) is 21.4 Å². The summed E-state index contributed by atoms with van der Waals surface area (Å²) < 4.78 is 5.37. The zero-order valence-corrected chi connectivity index (χ0v) is 13.3. The Labute approximate surface area is 142 Å². The fourth-order valence-corrected chi connectivity index (χ4v) is 3.47. The van der Waals surface area contributed by atoms with Gasteiger partial charge in [0.25, 0.3) is 0 Å². The van der Waals surface area contributed by atoms with Crippen molar-refractivity contribution in [3.8, 4) is 0 Å². The lowest BCUT2D eigenvalue weighted by molar-refractivity contribution is -0.151. The minimum atomic E-state index is -2.10. The highest BCUT2D eigenvalue weighted by molar-refractivity contribution is 6.32. The van der Waals surface area contributed by atoms with Crippen molar-refractivity contribution in [2.75, 3.05) is 0 Å². The van der Waals surface area contributed by atoms with Gasteiger partial charge in [0, 0.05) is 10.6 Å². The largest absolute Gasteiger partial charge is 0.479 e. The van der Waals surface area contributed by atoms with E-state index in [0.717, 1.165) is 0 Å². The molecular weight excluding hydrogens is 338 g/mol. The highest BCUT2D eigenvalue weighted by atomic mass is 35.5. The summed E-state index contributed by atoms with van der Waals surface area (Å²) >= 11 is 6.23. The first kappa shape index (κ1) is 16.9. The fourth-order valence-electron chi connectivity index (χ4n) is 3.18. The molecule has 0 saturated heterocycles. The number of halogens is 1. The normalized spacial score (nSPS) is 28.5. The molecule has 0 spiro atoms. The van der Waals surface area contributed by atoms with Crippen molar-refractivity contribution >= 4 is 29.3 Å². The molecule has 1 heterocycles. The quantitative estimate of drug-likeness (QED) is 0.740. The minimum absolute atomic E-state index is 0.275. The van der Waals surface area contributed by atoms with E-state index in [1.807, 2.05) is 0 Å². The van der Waals surface area contributed by atoms with E-state index < -0.39 is 29.8 Å². The van der Waals surface area contributed by atoms with Crippen molar-refractivity contribution in [2.45, 2.75) is 43.1 Å². The number of aliphatic hydroxyl groups is 2. The maximum absolute atomic E-state index is 12.8. The van der Waals surface area contributed by atoms with E-state index in [9.17, 15) is 19.8 Å². The monoisotopic (exact) mass is 353 g/mol. The summed E-state index contributed by atoms with van der Waals surface area (Å²) in [6.45, 7) is 0. The van der Waals surface area contributed by atoms with Crippen LogP contribution in [0.2, 0.25) is 5.02 Å². The molecule has 8 heteroatoms. The number of Topliss-reactive ketones (excluding diaryl/α,β-unsaturated/α-hetero) is 1. The highest BCUT2D eigenvalue weighted by Crippen LogP contribution is 2.44. The third-order valence-corrected chi connectivity index (χ3v) is 4.72. The Morgan fingerprint density at radius 1 is 1.38 bits per heavy atom. The average molecular weight is 354 g/mol. The lowest BCUT2D eigenvalue weighted by Gasteiger charge is -2.42. The van der Waals surface area contributed by atoms with Crippen LogP contribution < -0.4 is 0 Å². The maximum atomic E-state index is 12.8. The molecule has 0 amide bonds. The zero-order valence-electron chi connectivity index (χ0n) is 12.6. The predicted octanol–water partition coefficient (Wildman–Crippen LogP) is 0.892. The number of carbonyl (C=O) groups excluding carboxylic acids is 1. The number of nitrogens with zero attached hydrogens (tertiary/aromatic N) is 1. The molecule has 1 saturated carbocycles. The van der Waals surface area contributed by atoms with Crippen LogP contribution in [0.3, 0.4) is 0 Å². The fraction of sp³-hybridized carbons (Fsp3) is 0.438. The van der Waals surface area contributed by atoms with E-state index in [1.165, 1.54) is 0 Å². The summed E-state index contributed by atoms with van der Waals surface area (Å²) in [4.78, 5) is 27.9. The number of hydrogen-bond donors (Lipinski definition) is 3. The van der Waals surface area contributed by atoms with Gasteiger partial charge in [0.1, 0.15) is 0 Å². The number of hydrogen-bond acceptors (Lipinski definition) is 6. The number of carboxylic acid groups (broad SMARTS) is 1. The molecule has 2 aliphatic rings. The van der Waals surface area contributed by atoms with Gasteiger partial charge in [-0.15, -0.1) is 0 Å². The van der Waals surface area contributed by atoms with Crippen LogP contribution in [0.15, 0.2) is 29.3 Å². The number of rotatable bonds is 4. The Morgan fingerprint density at radius 2 is 2.08 bits per heavy atom. The molecule has 3 N–H and O–H groups in total. The number of fused-ring (bicyclic) bond motifs is 2. The second-order valence-corrected chi connectivity index (χ2v) is 6.29. The Hall–Kier alpha value is -1.96. The van der Waals surface area contributed by atoms with Crippen LogP contribution >= 0.6 is 11.6 Å². The Morgan fingerprint density at radius 3 is 2.75 bits per heavy atom. The van der Waals surface area contributed by atoms with E-state index in [-0.39, 0.29) is 11.7 Å². The lowest BCUT2D eigenvalue weighted by Crippen LogP contribution is -2.54. The average Bonchev–Trinajstić information content (AvgIpc) is 2.54. The molecule has 1 aromatic rings. The van der Waals surface area contributed by atoms with Crippen LogP contribution in [0.1, 0.15) is 24.8 Å². The first-order chi connectivity index (χ1) is 11.4. The molecule has 1 aliphatic heterocycles. The summed E-state index contributed by atoms with van der Waals surface area (Å²) in [5.41, 5.74) is -0.840. The van der Waals surface area contributed by atoms with Gasteiger partial charge in [-0.2, -0.15) is 0 Å².